The second-order valence-corrected chi connectivity index (χ2v) is 6.45. The van der Waals surface area contributed by atoms with Crippen molar-refractivity contribution in [2.45, 2.75) is 20.8 Å². The molecule has 0 spiro atoms. The van der Waals surface area contributed by atoms with Crippen LogP contribution in [-0.2, 0) is 0 Å². The van der Waals surface area contributed by atoms with E-state index < -0.39 is 4.92 Å². The number of Topliss-reactive ketones (excluding diaryl/α,β-unsaturated/α-hetero) is 1. The summed E-state index contributed by atoms with van der Waals surface area (Å²) in [7, 11) is 0. The highest BCUT2D eigenvalue weighted by atomic mass is 16.6. The van der Waals surface area contributed by atoms with Gasteiger partial charge in [0.15, 0.2) is 5.76 Å². The Morgan fingerprint density at radius 2 is 1.89 bits per heavy atom. The van der Waals surface area contributed by atoms with E-state index in [0.29, 0.717) is 29.2 Å². The van der Waals surface area contributed by atoms with E-state index in [1.807, 2.05) is 26.8 Å². The highest BCUT2D eigenvalue weighted by molar-refractivity contribution is 6.14. The molecule has 1 aliphatic rings. The normalized spacial score (nSPS) is 13.9. The summed E-state index contributed by atoms with van der Waals surface area (Å²) in [6.07, 6.45) is 3.55. The molecule has 6 heteroatoms. The van der Waals surface area contributed by atoms with Gasteiger partial charge in [-0.15, -0.1) is 0 Å². The van der Waals surface area contributed by atoms with Crippen LogP contribution in [0.15, 0.2) is 53.8 Å². The first-order valence-electron chi connectivity index (χ1n) is 8.45. The lowest BCUT2D eigenvalue weighted by atomic mass is 10.1. The molecule has 0 saturated carbocycles. The largest absolute Gasteiger partial charge is 0.489 e. The van der Waals surface area contributed by atoms with E-state index >= 15 is 0 Å². The van der Waals surface area contributed by atoms with E-state index in [0.717, 1.165) is 11.1 Å². The van der Waals surface area contributed by atoms with Crippen molar-refractivity contribution < 1.29 is 19.2 Å². The molecule has 0 saturated heterocycles. The third-order valence-corrected chi connectivity index (χ3v) is 4.17. The molecule has 2 aromatic carbocycles. The van der Waals surface area contributed by atoms with Crippen LogP contribution in [0.2, 0.25) is 0 Å². The Kier molecular flexibility index (Phi) is 5.07. The Morgan fingerprint density at radius 3 is 2.52 bits per heavy atom. The Bertz CT molecular complexity index is 967. The Hall–Kier alpha value is -3.41. The van der Waals surface area contributed by atoms with Crippen molar-refractivity contribution in [1.82, 2.24) is 0 Å². The number of carbonyl (C=O) groups excluding carboxylic acids is 1. The van der Waals surface area contributed by atoms with Gasteiger partial charge in [0.1, 0.15) is 18.1 Å². The van der Waals surface area contributed by atoms with E-state index in [2.05, 4.69) is 0 Å². The third kappa shape index (κ3) is 3.89. The molecule has 0 unspecified atom stereocenters. The van der Waals surface area contributed by atoms with Gasteiger partial charge < -0.3 is 9.47 Å². The van der Waals surface area contributed by atoms with E-state index in [1.54, 1.807) is 30.3 Å². The predicted octanol–water partition coefficient (Wildman–Crippen LogP) is 4.86. The van der Waals surface area contributed by atoms with Crippen LogP contribution in [0.25, 0.3) is 6.08 Å². The minimum atomic E-state index is -0.468. The molecular formula is C21H19NO5. The van der Waals surface area contributed by atoms with Crippen LogP contribution < -0.4 is 9.47 Å². The number of ether oxygens (including phenoxy) is 2. The number of non-ortho nitro benzene ring substituents is 1. The number of rotatable bonds is 5. The smallest absolute Gasteiger partial charge is 0.269 e. The summed E-state index contributed by atoms with van der Waals surface area (Å²) in [4.78, 5) is 22.9. The monoisotopic (exact) mass is 365 g/mol. The average molecular weight is 365 g/mol. The van der Waals surface area contributed by atoms with E-state index in [-0.39, 0.29) is 17.2 Å². The molecular weight excluding hydrogens is 346 g/mol. The molecule has 138 valence electrons. The highest BCUT2D eigenvalue weighted by Gasteiger charge is 2.30. The summed E-state index contributed by atoms with van der Waals surface area (Å²) in [6.45, 7) is 6.28. The fourth-order valence-electron chi connectivity index (χ4n) is 2.67. The van der Waals surface area contributed by atoms with Crippen molar-refractivity contribution in [2.75, 3.05) is 6.61 Å². The van der Waals surface area contributed by atoms with Crippen molar-refractivity contribution in [3.8, 4) is 11.5 Å². The number of hydrogen-bond acceptors (Lipinski definition) is 5. The van der Waals surface area contributed by atoms with Crippen molar-refractivity contribution in [3.05, 3.63) is 80.6 Å². The van der Waals surface area contributed by atoms with Crippen LogP contribution in [-0.4, -0.2) is 17.3 Å². The van der Waals surface area contributed by atoms with Crippen molar-refractivity contribution in [3.63, 3.8) is 0 Å². The molecule has 0 aromatic heterocycles. The number of ketones is 1. The summed E-state index contributed by atoms with van der Waals surface area (Å²) < 4.78 is 11.5. The van der Waals surface area contributed by atoms with Crippen molar-refractivity contribution >= 4 is 17.5 Å². The third-order valence-electron chi connectivity index (χ3n) is 4.17. The number of fused-ring (bicyclic) bond motifs is 1. The van der Waals surface area contributed by atoms with Gasteiger partial charge in [0, 0.05) is 17.7 Å². The number of hydrogen-bond donors (Lipinski definition) is 0. The Balaban J connectivity index is 1.85. The zero-order chi connectivity index (χ0) is 19.6. The fraction of sp³-hybridized carbons (Fsp3) is 0.190. The van der Waals surface area contributed by atoms with Gasteiger partial charge in [-0.25, -0.2) is 0 Å². The number of benzene rings is 2. The molecule has 1 heterocycles. The molecule has 0 atom stereocenters. The molecule has 0 radical (unpaired) electrons. The first kappa shape index (κ1) is 18.4. The minimum Gasteiger partial charge on any atom is -0.489 e. The quantitative estimate of drug-likeness (QED) is 0.327. The minimum absolute atomic E-state index is 0.00639. The molecule has 0 N–H and O–H groups in total. The summed E-state index contributed by atoms with van der Waals surface area (Å²) in [5.41, 5.74) is 3.04. The maximum atomic E-state index is 12.6. The van der Waals surface area contributed by atoms with Gasteiger partial charge in [-0.3, -0.25) is 14.9 Å². The van der Waals surface area contributed by atoms with E-state index in [9.17, 15) is 14.9 Å². The molecule has 3 rings (SSSR count). The van der Waals surface area contributed by atoms with Crippen LogP contribution in [0.4, 0.5) is 5.69 Å². The van der Waals surface area contributed by atoms with Gasteiger partial charge in [-0.05, 0) is 62.8 Å². The van der Waals surface area contributed by atoms with E-state index in [4.69, 9.17) is 9.47 Å². The van der Waals surface area contributed by atoms with Crippen molar-refractivity contribution in [1.29, 1.82) is 0 Å². The highest BCUT2D eigenvalue weighted by Crippen LogP contribution is 2.39. The van der Waals surface area contributed by atoms with E-state index in [1.165, 1.54) is 12.1 Å². The second kappa shape index (κ2) is 7.45. The van der Waals surface area contributed by atoms with Gasteiger partial charge in [0.2, 0.25) is 5.78 Å². The summed E-state index contributed by atoms with van der Waals surface area (Å²) in [5.74, 6) is 1.12. The lowest BCUT2D eigenvalue weighted by molar-refractivity contribution is -0.384. The van der Waals surface area contributed by atoms with Crippen LogP contribution in [0.1, 0.15) is 35.3 Å². The molecule has 6 nitrogen and oxygen atoms in total. The molecule has 2 aromatic rings. The fourth-order valence-corrected chi connectivity index (χ4v) is 2.67. The summed E-state index contributed by atoms with van der Waals surface area (Å²) in [5, 5.41) is 10.7. The number of allylic oxidation sites excluding steroid dienone is 2. The summed E-state index contributed by atoms with van der Waals surface area (Å²) in [6, 6.07) is 9.39. The zero-order valence-electron chi connectivity index (χ0n) is 15.3. The van der Waals surface area contributed by atoms with Gasteiger partial charge in [0.25, 0.3) is 5.69 Å². The van der Waals surface area contributed by atoms with Crippen LogP contribution in [0.5, 0.6) is 11.5 Å². The Morgan fingerprint density at radius 1 is 1.19 bits per heavy atom. The molecule has 0 fully saturated rings. The number of nitro groups is 1. The lowest BCUT2D eigenvalue weighted by Crippen LogP contribution is -1.98. The Labute approximate surface area is 156 Å². The number of nitrogens with zero attached hydrogens (tertiary/aromatic N) is 1. The van der Waals surface area contributed by atoms with Crippen LogP contribution in [0.3, 0.4) is 0 Å². The van der Waals surface area contributed by atoms with Crippen LogP contribution >= 0.6 is 0 Å². The van der Waals surface area contributed by atoms with Crippen LogP contribution in [0, 0.1) is 17.0 Å². The molecule has 27 heavy (non-hydrogen) atoms. The van der Waals surface area contributed by atoms with Gasteiger partial charge in [-0.1, -0.05) is 5.57 Å². The summed E-state index contributed by atoms with van der Waals surface area (Å²) >= 11 is 0. The van der Waals surface area contributed by atoms with Crippen molar-refractivity contribution in [2.24, 2.45) is 0 Å². The first-order valence-corrected chi connectivity index (χ1v) is 8.45. The van der Waals surface area contributed by atoms with Gasteiger partial charge in [0.05, 0.1) is 10.5 Å². The SMILES string of the molecule is CC(C)=CCOc1ccc2c(c1C)O/C(=C\c1ccc([N+](=O)[O-])cc1)C2=O. The zero-order valence-corrected chi connectivity index (χ0v) is 15.3. The van der Waals surface area contributed by atoms with Gasteiger partial charge >= 0.3 is 0 Å². The maximum absolute atomic E-state index is 12.6. The predicted molar refractivity (Wildman–Crippen MR) is 102 cm³/mol. The average Bonchev–Trinajstić information content (AvgIpc) is 2.94. The number of nitro benzene ring substituents is 1. The molecule has 0 bridgehead atoms. The van der Waals surface area contributed by atoms with Gasteiger partial charge in [-0.2, -0.15) is 0 Å². The molecule has 1 aliphatic heterocycles. The maximum Gasteiger partial charge on any atom is 0.269 e. The second-order valence-electron chi connectivity index (χ2n) is 6.45. The first-order chi connectivity index (χ1) is 12.9. The standard InChI is InChI=1S/C21H19NO5/c1-13(2)10-11-26-18-9-8-17-20(23)19(27-21(17)14(18)3)12-15-4-6-16(7-5-15)22(24)25/h4-10,12H,11H2,1-3H3/b19-12-. The molecule has 0 amide bonds. The molecule has 0 aliphatic carbocycles. The topological polar surface area (TPSA) is 78.7 Å². The lowest BCUT2D eigenvalue weighted by Gasteiger charge is -2.10. The number of carbonyl (C=O) groups is 1.